The molecule has 0 radical (unpaired) electrons. The van der Waals surface area contributed by atoms with E-state index in [0.29, 0.717) is 5.96 Å². The standard InChI is InChI=1S/CH5N5/c2-1-3-5-6-4-1/h5-6H,(H3,2,3,4). The first kappa shape index (κ1) is 3.23. The Morgan fingerprint density at radius 1 is 1.67 bits per heavy atom. The monoisotopic (exact) mass is 87.1 g/mol. The highest BCUT2D eigenvalue weighted by molar-refractivity contribution is 5.77. The molecule has 5 N–H and O–H groups in total. The first-order valence-corrected chi connectivity index (χ1v) is 1.49. The zero-order valence-corrected chi connectivity index (χ0v) is 3.02. The molecule has 5 nitrogen and oxygen atoms in total. The van der Waals surface area contributed by atoms with Gasteiger partial charge in [-0.3, -0.25) is 5.43 Å². The molecule has 0 unspecified atom stereocenters. The van der Waals surface area contributed by atoms with Crippen LogP contribution in [0.25, 0.3) is 0 Å². The summed E-state index contributed by atoms with van der Waals surface area (Å²) in [5.41, 5.74) is 12.4. The number of hydrazine groups is 2. The number of hydrogen-bond acceptors (Lipinski definition) is 5. The van der Waals surface area contributed by atoms with Gasteiger partial charge in [0.25, 0.3) is 0 Å². The molecule has 1 heterocycles. The molecule has 0 atom stereocenters. The Bertz CT molecular complexity index is 74.0. The molecule has 0 aromatic heterocycles. The van der Waals surface area contributed by atoms with Crippen LogP contribution in [-0.4, -0.2) is 5.96 Å². The summed E-state index contributed by atoms with van der Waals surface area (Å²) < 4.78 is 0. The van der Waals surface area contributed by atoms with Crippen molar-refractivity contribution < 1.29 is 0 Å². The summed E-state index contributed by atoms with van der Waals surface area (Å²) in [6.07, 6.45) is 0. The molecule has 5 heteroatoms. The van der Waals surface area contributed by atoms with Crippen molar-refractivity contribution in [1.82, 2.24) is 16.5 Å². The zero-order chi connectivity index (χ0) is 4.41. The zero-order valence-electron chi connectivity index (χ0n) is 3.02. The lowest BCUT2D eigenvalue weighted by atomic mass is 11.1. The van der Waals surface area contributed by atoms with Gasteiger partial charge in [0, 0.05) is 0 Å². The lowest BCUT2D eigenvalue weighted by Crippen LogP contribution is -2.38. The van der Waals surface area contributed by atoms with Crippen LogP contribution >= 0.6 is 0 Å². The Kier molecular flexibility index (Phi) is 0.548. The van der Waals surface area contributed by atoms with Crippen LogP contribution in [0.5, 0.6) is 0 Å². The number of nitrogens with two attached hydrogens (primary N) is 1. The molecule has 0 spiro atoms. The number of nitrogens with zero attached hydrogens (tertiary/aromatic N) is 1. The molecule has 0 aromatic carbocycles. The van der Waals surface area contributed by atoms with Gasteiger partial charge in [0.05, 0.1) is 0 Å². The molecule has 6 heavy (non-hydrogen) atoms. The Morgan fingerprint density at radius 3 is 2.67 bits per heavy atom. The third kappa shape index (κ3) is 0.343. The van der Waals surface area contributed by atoms with Gasteiger partial charge < -0.3 is 5.73 Å². The van der Waals surface area contributed by atoms with Gasteiger partial charge in [-0.25, -0.2) is 5.53 Å². The van der Waals surface area contributed by atoms with Crippen molar-refractivity contribution in [3.63, 3.8) is 0 Å². The normalized spacial score (nSPS) is 18.3. The average Bonchev–Trinajstić information content (AvgIpc) is 1.86. The van der Waals surface area contributed by atoms with E-state index in [1.807, 2.05) is 0 Å². The quantitative estimate of drug-likeness (QED) is 0.271. The van der Waals surface area contributed by atoms with Gasteiger partial charge in [-0.05, 0) is 0 Å². The van der Waals surface area contributed by atoms with E-state index in [1.54, 1.807) is 0 Å². The van der Waals surface area contributed by atoms with E-state index >= 15 is 0 Å². The Hall–Kier alpha value is -0.970. The molecule has 0 aliphatic carbocycles. The van der Waals surface area contributed by atoms with Crippen LogP contribution in [0, 0.1) is 0 Å². The maximum Gasteiger partial charge on any atom is 0.228 e. The van der Waals surface area contributed by atoms with Gasteiger partial charge >= 0.3 is 0 Å². The summed E-state index contributed by atoms with van der Waals surface area (Å²) in [6, 6.07) is 0. The first-order chi connectivity index (χ1) is 2.89. The molecule has 0 bridgehead atoms. The summed E-state index contributed by atoms with van der Waals surface area (Å²) in [7, 11) is 0. The molecular weight excluding hydrogens is 82.0 g/mol. The second kappa shape index (κ2) is 1.02. The first-order valence-electron chi connectivity index (χ1n) is 1.49. The Labute approximate surface area is 34.5 Å². The van der Waals surface area contributed by atoms with Gasteiger partial charge in [0.2, 0.25) is 5.96 Å². The van der Waals surface area contributed by atoms with E-state index in [1.165, 1.54) is 0 Å². The molecule has 0 amide bonds. The maximum absolute atomic E-state index is 5.05. The Morgan fingerprint density at radius 2 is 2.50 bits per heavy atom. The highest BCUT2D eigenvalue weighted by atomic mass is 15.8. The lowest BCUT2D eigenvalue weighted by molar-refractivity contribution is 0.577. The summed E-state index contributed by atoms with van der Waals surface area (Å²) in [5, 5.41) is 3.46. The van der Waals surface area contributed by atoms with Crippen LogP contribution < -0.4 is 22.2 Å². The second-order valence-corrected chi connectivity index (χ2v) is 0.859. The van der Waals surface area contributed by atoms with Gasteiger partial charge in [-0.15, -0.1) is 10.6 Å². The van der Waals surface area contributed by atoms with E-state index < -0.39 is 0 Å². The van der Waals surface area contributed by atoms with Crippen molar-refractivity contribution in [1.29, 1.82) is 0 Å². The lowest BCUT2D eigenvalue weighted by Gasteiger charge is -1.86. The molecular formula is CH5N5. The number of hydrogen-bond donors (Lipinski definition) is 4. The second-order valence-electron chi connectivity index (χ2n) is 0.859. The van der Waals surface area contributed by atoms with Crippen molar-refractivity contribution >= 4 is 5.96 Å². The highest BCUT2D eigenvalue weighted by Crippen LogP contribution is 1.57. The summed E-state index contributed by atoms with van der Waals surface area (Å²) >= 11 is 0. The highest BCUT2D eigenvalue weighted by Gasteiger charge is 1.91. The molecule has 0 fully saturated rings. The van der Waals surface area contributed by atoms with Crippen molar-refractivity contribution in [3.8, 4) is 0 Å². The van der Waals surface area contributed by atoms with Gasteiger partial charge in [0.1, 0.15) is 0 Å². The van der Waals surface area contributed by atoms with Crippen LogP contribution in [-0.2, 0) is 0 Å². The third-order valence-corrected chi connectivity index (χ3v) is 0.423. The van der Waals surface area contributed by atoms with Crippen LogP contribution in [0.2, 0.25) is 0 Å². The number of hydrazone groups is 1. The van der Waals surface area contributed by atoms with E-state index in [0.717, 1.165) is 0 Å². The molecule has 0 saturated heterocycles. The van der Waals surface area contributed by atoms with Crippen molar-refractivity contribution in [3.05, 3.63) is 0 Å². The predicted octanol–water partition coefficient (Wildman–Crippen LogP) is -2.17. The van der Waals surface area contributed by atoms with Crippen molar-refractivity contribution in [2.45, 2.75) is 0 Å². The van der Waals surface area contributed by atoms with Crippen LogP contribution in [0.3, 0.4) is 0 Å². The third-order valence-electron chi connectivity index (χ3n) is 0.423. The van der Waals surface area contributed by atoms with Gasteiger partial charge in [-0.2, -0.15) is 0 Å². The van der Waals surface area contributed by atoms with E-state index in [4.69, 9.17) is 5.73 Å². The summed E-state index contributed by atoms with van der Waals surface area (Å²) in [5.74, 6) is 0.356. The van der Waals surface area contributed by atoms with Gasteiger partial charge in [0.15, 0.2) is 0 Å². The number of guanidine groups is 1. The minimum Gasteiger partial charge on any atom is -0.367 e. The van der Waals surface area contributed by atoms with E-state index in [9.17, 15) is 0 Å². The van der Waals surface area contributed by atoms with Crippen LogP contribution in [0.15, 0.2) is 5.10 Å². The summed E-state index contributed by atoms with van der Waals surface area (Å²) in [4.78, 5) is 0. The smallest absolute Gasteiger partial charge is 0.228 e. The van der Waals surface area contributed by atoms with Crippen molar-refractivity contribution in [2.75, 3.05) is 0 Å². The summed E-state index contributed by atoms with van der Waals surface area (Å²) in [6.45, 7) is 0. The molecule has 0 saturated carbocycles. The molecule has 1 rings (SSSR count). The van der Waals surface area contributed by atoms with Crippen LogP contribution in [0.1, 0.15) is 0 Å². The SMILES string of the molecule is NC1=NNNN1. The molecule has 34 valence electrons. The molecule has 1 aliphatic heterocycles. The van der Waals surface area contributed by atoms with Crippen LogP contribution in [0.4, 0.5) is 0 Å². The van der Waals surface area contributed by atoms with Gasteiger partial charge in [-0.1, -0.05) is 0 Å². The van der Waals surface area contributed by atoms with Crippen molar-refractivity contribution in [2.24, 2.45) is 10.8 Å². The number of rotatable bonds is 0. The minimum atomic E-state index is 0.356. The predicted molar refractivity (Wildman–Crippen MR) is 21.0 cm³/mol. The molecule has 0 aromatic rings. The largest absolute Gasteiger partial charge is 0.367 e. The fourth-order valence-electron chi connectivity index (χ4n) is 0.208. The Balaban J connectivity index is 2.45. The van der Waals surface area contributed by atoms with E-state index in [-0.39, 0.29) is 0 Å². The number of nitrogens with one attached hydrogen (secondary N) is 3. The topological polar surface area (TPSA) is 74.5 Å². The fourth-order valence-corrected chi connectivity index (χ4v) is 0.208. The van der Waals surface area contributed by atoms with E-state index in [2.05, 4.69) is 21.6 Å². The molecule has 1 aliphatic rings. The average molecular weight is 87.1 g/mol. The fraction of sp³-hybridized carbons (Fsp3) is 0. The minimum absolute atomic E-state index is 0.356. The maximum atomic E-state index is 5.05.